The average Bonchev–Trinajstić information content (AvgIpc) is 3.47. The number of halogens is 1. The van der Waals surface area contributed by atoms with E-state index < -0.39 is 39.6 Å². The van der Waals surface area contributed by atoms with Gasteiger partial charge >= 0.3 is 12.1 Å². The molecule has 1 aromatic carbocycles. The predicted octanol–water partition coefficient (Wildman–Crippen LogP) is 1.30. The van der Waals surface area contributed by atoms with Crippen molar-refractivity contribution in [2.75, 3.05) is 39.5 Å². The molecule has 2 N–H and O–H groups in total. The van der Waals surface area contributed by atoms with Gasteiger partial charge in [-0.2, -0.15) is 0 Å². The summed E-state index contributed by atoms with van der Waals surface area (Å²) in [5.41, 5.74) is 0.712. The van der Waals surface area contributed by atoms with Gasteiger partial charge in [-0.05, 0) is 43.4 Å². The van der Waals surface area contributed by atoms with Crippen LogP contribution in [0, 0.1) is 5.82 Å². The van der Waals surface area contributed by atoms with Crippen molar-refractivity contribution in [2.24, 2.45) is 0 Å². The van der Waals surface area contributed by atoms with Crippen LogP contribution < -0.4 is 10.6 Å². The average molecular weight is 604 g/mol. The molecule has 42 heavy (non-hydrogen) atoms. The molecule has 14 heteroatoms. The second-order valence-electron chi connectivity index (χ2n) is 11.1. The Labute approximate surface area is 243 Å². The van der Waals surface area contributed by atoms with Crippen LogP contribution >= 0.6 is 0 Å². The normalized spacial score (nSPS) is 24.6. The Hall–Kier alpha value is -3.78. The molecule has 1 aromatic rings. The zero-order valence-corrected chi connectivity index (χ0v) is 24.3. The van der Waals surface area contributed by atoms with E-state index in [0.29, 0.717) is 42.4 Å². The van der Waals surface area contributed by atoms with Gasteiger partial charge in [0.25, 0.3) is 0 Å². The number of rotatable bonds is 7. The van der Waals surface area contributed by atoms with E-state index in [0.717, 1.165) is 6.26 Å². The Morgan fingerprint density at radius 2 is 1.86 bits per heavy atom. The number of nitrogens with zero attached hydrogens (tertiary/aromatic N) is 3. The minimum atomic E-state index is -3.36. The van der Waals surface area contributed by atoms with Crippen molar-refractivity contribution in [1.29, 1.82) is 0 Å². The Kier molecular flexibility index (Phi) is 8.12. The lowest BCUT2D eigenvalue weighted by atomic mass is 9.89. The van der Waals surface area contributed by atoms with Crippen LogP contribution in [0.15, 0.2) is 47.6 Å². The van der Waals surface area contributed by atoms with Gasteiger partial charge in [0.1, 0.15) is 18.4 Å². The van der Waals surface area contributed by atoms with E-state index in [9.17, 15) is 32.0 Å². The molecule has 0 bridgehead atoms. The highest BCUT2D eigenvalue weighted by molar-refractivity contribution is 7.88. The molecular formula is C28H34FN5O7S. The van der Waals surface area contributed by atoms with E-state index >= 15 is 0 Å². The molecule has 4 aliphatic rings. The molecule has 2 heterocycles. The topological polar surface area (TPSA) is 145 Å². The molecule has 1 spiro atoms. The molecule has 0 aromatic heterocycles. The van der Waals surface area contributed by atoms with Gasteiger partial charge < -0.3 is 20.3 Å². The molecule has 2 fully saturated rings. The van der Waals surface area contributed by atoms with Crippen LogP contribution in [-0.2, 0) is 30.9 Å². The summed E-state index contributed by atoms with van der Waals surface area (Å²) in [5, 5.41) is 5.00. The highest BCUT2D eigenvalue weighted by Gasteiger charge is 2.53. The van der Waals surface area contributed by atoms with Crippen LogP contribution in [-0.4, -0.2) is 104 Å². The molecule has 0 saturated carbocycles. The van der Waals surface area contributed by atoms with Crippen molar-refractivity contribution in [3.05, 3.63) is 58.9 Å². The van der Waals surface area contributed by atoms with E-state index in [4.69, 9.17) is 4.74 Å². The maximum atomic E-state index is 13.8. The summed E-state index contributed by atoms with van der Waals surface area (Å²) in [6.07, 6.45) is 5.34. The van der Waals surface area contributed by atoms with Gasteiger partial charge in [0.05, 0.1) is 12.8 Å². The molecule has 4 amide bonds. The number of carbonyl (C=O) groups excluding carboxylic acids is 4. The molecule has 2 aliphatic carbocycles. The van der Waals surface area contributed by atoms with E-state index in [-0.39, 0.29) is 50.5 Å². The fourth-order valence-electron chi connectivity index (χ4n) is 6.15. The first-order valence-corrected chi connectivity index (χ1v) is 15.7. The lowest BCUT2D eigenvalue weighted by Crippen LogP contribution is -2.51. The van der Waals surface area contributed by atoms with Gasteiger partial charge in [-0.3, -0.25) is 14.5 Å². The fraction of sp³-hybridized carbons (Fsp3) is 0.500. The lowest BCUT2D eigenvalue weighted by Gasteiger charge is -2.38. The third-order valence-electron chi connectivity index (χ3n) is 8.38. The number of ketones is 1. The van der Waals surface area contributed by atoms with Crippen LogP contribution in [0.3, 0.4) is 0 Å². The monoisotopic (exact) mass is 603 g/mol. The predicted molar refractivity (Wildman–Crippen MR) is 149 cm³/mol. The van der Waals surface area contributed by atoms with Crippen molar-refractivity contribution in [3.63, 3.8) is 0 Å². The third-order valence-corrected chi connectivity index (χ3v) is 9.68. The molecule has 2 saturated heterocycles. The second-order valence-corrected chi connectivity index (χ2v) is 13.1. The zero-order chi connectivity index (χ0) is 30.2. The van der Waals surface area contributed by atoms with Crippen molar-refractivity contribution < 1.29 is 36.7 Å². The molecule has 0 radical (unpaired) electrons. The highest BCUT2D eigenvalue weighted by Crippen LogP contribution is 2.45. The number of hydrogen-bond donors (Lipinski definition) is 2. The van der Waals surface area contributed by atoms with E-state index in [1.54, 1.807) is 29.2 Å². The number of benzene rings is 1. The number of ether oxygens (including phenoxy) is 1. The number of amides is 4. The van der Waals surface area contributed by atoms with E-state index in [1.807, 2.05) is 0 Å². The number of piperidine rings is 1. The van der Waals surface area contributed by atoms with Crippen LogP contribution in [0.2, 0.25) is 0 Å². The third kappa shape index (κ3) is 5.91. The summed E-state index contributed by atoms with van der Waals surface area (Å²) in [6.45, 7) is 0.508. The van der Waals surface area contributed by atoms with Crippen LogP contribution in [0.5, 0.6) is 0 Å². The summed E-state index contributed by atoms with van der Waals surface area (Å²) < 4.78 is 44.8. The Bertz CT molecular complexity index is 1450. The minimum Gasteiger partial charge on any atom is -0.436 e. The number of carbonyl (C=O) groups is 4. The Balaban J connectivity index is 1.31. The molecule has 2 aliphatic heterocycles. The number of urea groups is 1. The summed E-state index contributed by atoms with van der Waals surface area (Å²) in [6, 6.07) is 4.21. The lowest BCUT2D eigenvalue weighted by molar-refractivity contribution is -0.135. The van der Waals surface area contributed by atoms with Crippen molar-refractivity contribution in [1.82, 2.24) is 24.7 Å². The first-order valence-electron chi connectivity index (χ1n) is 13.8. The van der Waals surface area contributed by atoms with Gasteiger partial charge in [-0.1, -0.05) is 24.3 Å². The summed E-state index contributed by atoms with van der Waals surface area (Å²) in [4.78, 5) is 54.5. The number of hydrogen-bond acceptors (Lipinski definition) is 7. The highest BCUT2D eigenvalue weighted by atomic mass is 32.2. The maximum Gasteiger partial charge on any atom is 0.411 e. The molecule has 2 atom stereocenters. The molecule has 226 valence electrons. The van der Waals surface area contributed by atoms with Crippen LogP contribution in [0.25, 0.3) is 0 Å². The van der Waals surface area contributed by atoms with E-state index in [1.165, 1.54) is 28.4 Å². The largest absolute Gasteiger partial charge is 0.436 e. The minimum absolute atomic E-state index is 0.0818. The molecule has 12 nitrogen and oxygen atoms in total. The Morgan fingerprint density at radius 1 is 1.17 bits per heavy atom. The van der Waals surface area contributed by atoms with Gasteiger partial charge in [0, 0.05) is 43.9 Å². The number of Topliss-reactive ketones (excluding diaryl/α,β-unsaturated/α-hetero) is 1. The molecule has 1 unspecified atom stereocenters. The quantitative estimate of drug-likeness (QED) is 0.478. The molecular weight excluding hydrogens is 569 g/mol. The van der Waals surface area contributed by atoms with E-state index in [2.05, 4.69) is 10.6 Å². The Morgan fingerprint density at radius 3 is 2.50 bits per heavy atom. The summed E-state index contributed by atoms with van der Waals surface area (Å²) in [5.74, 6) is -1.01. The first-order chi connectivity index (χ1) is 19.9. The smallest absolute Gasteiger partial charge is 0.411 e. The number of sulfonamides is 1. The van der Waals surface area contributed by atoms with Gasteiger partial charge in [0.15, 0.2) is 11.4 Å². The molecule has 5 rings (SSSR count). The van der Waals surface area contributed by atoms with Crippen molar-refractivity contribution in [3.8, 4) is 0 Å². The number of fused-ring (bicyclic) bond motifs is 1. The first kappa shape index (κ1) is 29.7. The van der Waals surface area contributed by atoms with Crippen LogP contribution in [0.4, 0.5) is 14.0 Å². The SMILES string of the molecule is CNC(=O)NC1C=CC2=C(CC[C@]23CN(CC(=O)N(Cc2ccc(F)cc2)C2CCN(S(C)(=O)=O)CC2)C(=O)O3)C1=O. The number of nitrogens with one attached hydrogen (secondary N) is 2. The van der Waals surface area contributed by atoms with Gasteiger partial charge in [0.2, 0.25) is 15.9 Å². The standard InChI is InChI=1S/C28H34FN5O7S/c1-30-26(37)31-23-8-7-22-21(25(23)36)9-12-28(22)17-32(27(38)41-28)16-24(35)34(15-18-3-5-19(29)6-4-18)20-10-13-33(14-11-20)42(2,39)40/h3-8,20,23H,9-17H2,1-2H3,(H2,30,31,37)/t23?,28-/m0/s1. The second kappa shape index (κ2) is 11.5. The fourth-order valence-corrected chi connectivity index (χ4v) is 7.02. The van der Waals surface area contributed by atoms with Crippen molar-refractivity contribution >= 4 is 33.8 Å². The van der Waals surface area contributed by atoms with Crippen LogP contribution in [0.1, 0.15) is 31.2 Å². The van der Waals surface area contributed by atoms with Gasteiger partial charge in [-0.15, -0.1) is 0 Å². The summed E-state index contributed by atoms with van der Waals surface area (Å²) in [7, 11) is -1.91. The van der Waals surface area contributed by atoms with Crippen molar-refractivity contribution in [2.45, 2.75) is 49.9 Å². The maximum absolute atomic E-state index is 13.8. The summed E-state index contributed by atoms with van der Waals surface area (Å²) >= 11 is 0. The zero-order valence-electron chi connectivity index (χ0n) is 23.5. The van der Waals surface area contributed by atoms with Gasteiger partial charge in [-0.25, -0.2) is 26.7 Å².